The van der Waals surface area contributed by atoms with Crippen LogP contribution in [0.4, 0.5) is 0 Å². The van der Waals surface area contributed by atoms with Gasteiger partial charge in [0.1, 0.15) is 18.2 Å². The SMILES string of the molecule is COCCOc1cc(C)ccc1CN=C(NCc1nnc(C)n1C)NC1CCCC1. The number of guanidine groups is 1. The van der Waals surface area contributed by atoms with Crippen LogP contribution in [-0.4, -0.2) is 47.1 Å². The van der Waals surface area contributed by atoms with Gasteiger partial charge in [-0.2, -0.15) is 0 Å². The van der Waals surface area contributed by atoms with Crippen molar-refractivity contribution in [3.8, 4) is 5.75 Å². The summed E-state index contributed by atoms with van der Waals surface area (Å²) in [5.41, 5.74) is 2.22. The Hall–Kier alpha value is -2.61. The molecule has 2 aromatic rings. The number of nitrogens with one attached hydrogen (secondary N) is 2. The minimum Gasteiger partial charge on any atom is -0.491 e. The lowest BCUT2D eigenvalue weighted by atomic mass is 10.1. The lowest BCUT2D eigenvalue weighted by Gasteiger charge is -2.18. The molecule has 3 rings (SSSR count). The molecule has 1 saturated carbocycles. The zero-order valence-electron chi connectivity index (χ0n) is 18.6. The summed E-state index contributed by atoms with van der Waals surface area (Å²) in [5, 5.41) is 15.4. The van der Waals surface area contributed by atoms with Crippen LogP contribution in [0.3, 0.4) is 0 Å². The first-order chi connectivity index (χ1) is 14.6. The summed E-state index contributed by atoms with van der Waals surface area (Å²) in [6, 6.07) is 6.70. The van der Waals surface area contributed by atoms with Crippen LogP contribution in [0.25, 0.3) is 0 Å². The van der Waals surface area contributed by atoms with Crippen molar-refractivity contribution in [2.45, 2.75) is 58.7 Å². The van der Waals surface area contributed by atoms with E-state index in [9.17, 15) is 0 Å². The third-order valence-corrected chi connectivity index (χ3v) is 5.47. The van der Waals surface area contributed by atoms with Gasteiger partial charge >= 0.3 is 0 Å². The number of aromatic nitrogens is 3. The Morgan fingerprint density at radius 2 is 2.00 bits per heavy atom. The van der Waals surface area contributed by atoms with Gasteiger partial charge < -0.3 is 24.7 Å². The fourth-order valence-corrected chi connectivity index (χ4v) is 3.51. The van der Waals surface area contributed by atoms with E-state index >= 15 is 0 Å². The molecule has 0 bridgehead atoms. The van der Waals surface area contributed by atoms with Crippen LogP contribution in [-0.2, 0) is 24.9 Å². The van der Waals surface area contributed by atoms with E-state index in [1.165, 1.54) is 25.7 Å². The monoisotopic (exact) mass is 414 g/mol. The molecule has 0 aliphatic heterocycles. The lowest BCUT2D eigenvalue weighted by molar-refractivity contribution is 0.145. The van der Waals surface area contributed by atoms with E-state index in [1.54, 1.807) is 7.11 Å². The summed E-state index contributed by atoms with van der Waals surface area (Å²) in [6.45, 7) is 6.19. The van der Waals surface area contributed by atoms with Crippen molar-refractivity contribution in [1.82, 2.24) is 25.4 Å². The number of ether oxygens (including phenoxy) is 2. The molecular weight excluding hydrogens is 380 g/mol. The summed E-state index contributed by atoms with van der Waals surface area (Å²) in [7, 11) is 3.65. The zero-order chi connectivity index (χ0) is 21.3. The first-order valence-corrected chi connectivity index (χ1v) is 10.7. The Kier molecular flexibility index (Phi) is 8.07. The van der Waals surface area contributed by atoms with Crippen molar-refractivity contribution in [3.05, 3.63) is 41.0 Å². The van der Waals surface area contributed by atoms with Crippen LogP contribution in [0.1, 0.15) is 48.5 Å². The maximum atomic E-state index is 5.92. The average Bonchev–Trinajstić information content (AvgIpc) is 3.36. The normalized spacial score (nSPS) is 14.9. The first kappa shape index (κ1) is 22.1. The molecule has 2 N–H and O–H groups in total. The highest BCUT2D eigenvalue weighted by Gasteiger charge is 2.17. The Bertz CT molecular complexity index is 842. The topological polar surface area (TPSA) is 85.6 Å². The molecule has 0 atom stereocenters. The number of aliphatic imine (C=N–C) groups is 1. The van der Waals surface area contributed by atoms with E-state index in [1.807, 2.05) is 18.5 Å². The predicted octanol–water partition coefficient (Wildman–Crippen LogP) is 2.64. The molecule has 1 heterocycles. The second kappa shape index (κ2) is 11.0. The molecule has 30 heavy (non-hydrogen) atoms. The van der Waals surface area contributed by atoms with Crippen molar-refractivity contribution in [3.63, 3.8) is 0 Å². The van der Waals surface area contributed by atoms with Gasteiger partial charge in [-0.25, -0.2) is 4.99 Å². The number of rotatable bonds is 9. The van der Waals surface area contributed by atoms with Gasteiger partial charge in [0, 0.05) is 25.8 Å². The maximum Gasteiger partial charge on any atom is 0.192 e. The van der Waals surface area contributed by atoms with E-state index in [0.29, 0.717) is 32.3 Å². The van der Waals surface area contributed by atoms with Crippen molar-refractivity contribution in [2.75, 3.05) is 20.3 Å². The quantitative estimate of drug-likeness (QED) is 0.373. The maximum absolute atomic E-state index is 5.92. The number of nitrogens with zero attached hydrogens (tertiary/aromatic N) is 4. The molecule has 164 valence electrons. The smallest absolute Gasteiger partial charge is 0.192 e. The molecule has 0 unspecified atom stereocenters. The summed E-state index contributed by atoms with van der Waals surface area (Å²) in [4.78, 5) is 4.85. The van der Waals surface area contributed by atoms with Crippen molar-refractivity contribution < 1.29 is 9.47 Å². The Morgan fingerprint density at radius 3 is 2.70 bits per heavy atom. The molecule has 1 fully saturated rings. The van der Waals surface area contributed by atoms with Gasteiger partial charge in [-0.1, -0.05) is 25.0 Å². The van der Waals surface area contributed by atoms with Crippen LogP contribution in [0.2, 0.25) is 0 Å². The molecule has 0 amide bonds. The molecule has 0 spiro atoms. The van der Waals surface area contributed by atoms with Gasteiger partial charge in [0.05, 0.1) is 19.7 Å². The molecule has 0 saturated heterocycles. The van der Waals surface area contributed by atoms with Crippen LogP contribution < -0.4 is 15.4 Å². The molecule has 8 heteroatoms. The number of hydrogen-bond donors (Lipinski definition) is 2. The van der Waals surface area contributed by atoms with E-state index < -0.39 is 0 Å². The van der Waals surface area contributed by atoms with E-state index in [-0.39, 0.29) is 0 Å². The molecule has 0 radical (unpaired) electrons. The van der Waals surface area contributed by atoms with Crippen molar-refractivity contribution in [1.29, 1.82) is 0 Å². The predicted molar refractivity (Wildman–Crippen MR) is 118 cm³/mol. The highest BCUT2D eigenvalue weighted by molar-refractivity contribution is 5.80. The van der Waals surface area contributed by atoms with Crippen molar-refractivity contribution >= 4 is 5.96 Å². The van der Waals surface area contributed by atoms with Crippen LogP contribution in [0, 0.1) is 13.8 Å². The fraction of sp³-hybridized carbons (Fsp3) is 0.591. The van der Waals surface area contributed by atoms with E-state index in [0.717, 1.165) is 34.5 Å². The standard InChI is InChI=1S/C22H34N6O2/c1-16-9-10-18(20(13-16)30-12-11-29-4)14-23-22(25-19-7-5-6-8-19)24-15-21-27-26-17(2)28(21)3/h9-10,13,19H,5-8,11-12,14-15H2,1-4H3,(H2,23,24,25). The van der Waals surface area contributed by atoms with E-state index in [4.69, 9.17) is 14.5 Å². The van der Waals surface area contributed by atoms with Gasteiger partial charge in [-0.15, -0.1) is 10.2 Å². The summed E-state index contributed by atoms with van der Waals surface area (Å²) in [6.07, 6.45) is 4.89. The van der Waals surface area contributed by atoms with Gasteiger partial charge in [0.25, 0.3) is 0 Å². The fourth-order valence-electron chi connectivity index (χ4n) is 3.51. The van der Waals surface area contributed by atoms with Gasteiger partial charge in [0.15, 0.2) is 11.8 Å². The van der Waals surface area contributed by atoms with Crippen LogP contribution in [0.15, 0.2) is 23.2 Å². The molecular formula is C22H34N6O2. The second-order valence-corrected chi connectivity index (χ2v) is 7.82. The summed E-state index contributed by atoms with van der Waals surface area (Å²) >= 11 is 0. The average molecular weight is 415 g/mol. The number of methoxy groups -OCH3 is 1. The minimum absolute atomic E-state index is 0.466. The van der Waals surface area contributed by atoms with Gasteiger partial charge in [-0.05, 0) is 38.3 Å². The minimum atomic E-state index is 0.466. The lowest BCUT2D eigenvalue weighted by Crippen LogP contribution is -2.42. The summed E-state index contributed by atoms with van der Waals surface area (Å²) < 4.78 is 13.0. The summed E-state index contributed by atoms with van der Waals surface area (Å²) in [5.74, 6) is 3.44. The van der Waals surface area contributed by atoms with Crippen molar-refractivity contribution in [2.24, 2.45) is 12.0 Å². The third kappa shape index (κ3) is 6.19. The molecule has 1 aliphatic carbocycles. The number of hydrogen-bond acceptors (Lipinski definition) is 5. The Balaban J connectivity index is 1.71. The third-order valence-electron chi connectivity index (χ3n) is 5.47. The van der Waals surface area contributed by atoms with Gasteiger partial charge in [0.2, 0.25) is 0 Å². The number of aryl methyl sites for hydroxylation is 2. The van der Waals surface area contributed by atoms with Crippen LogP contribution >= 0.6 is 0 Å². The highest BCUT2D eigenvalue weighted by atomic mass is 16.5. The van der Waals surface area contributed by atoms with Crippen LogP contribution in [0.5, 0.6) is 5.75 Å². The molecule has 1 aliphatic rings. The van der Waals surface area contributed by atoms with Gasteiger partial charge in [-0.3, -0.25) is 0 Å². The Labute approximate surface area is 179 Å². The highest BCUT2D eigenvalue weighted by Crippen LogP contribution is 2.22. The number of benzene rings is 1. The molecule has 8 nitrogen and oxygen atoms in total. The second-order valence-electron chi connectivity index (χ2n) is 7.82. The molecule has 1 aromatic heterocycles. The zero-order valence-corrected chi connectivity index (χ0v) is 18.6. The Morgan fingerprint density at radius 1 is 1.20 bits per heavy atom. The largest absolute Gasteiger partial charge is 0.491 e. The first-order valence-electron chi connectivity index (χ1n) is 10.7. The molecule has 1 aromatic carbocycles. The van der Waals surface area contributed by atoms with E-state index in [2.05, 4.69) is 46.0 Å².